The van der Waals surface area contributed by atoms with Crippen LogP contribution in [-0.4, -0.2) is 17.8 Å². The molecule has 1 heterocycles. The molecule has 1 aliphatic carbocycles. The third-order valence-corrected chi connectivity index (χ3v) is 1.95. The zero-order valence-corrected chi connectivity index (χ0v) is 5.54. The average molecular weight is 138 g/mol. The number of hydrogen-bond donors (Lipinski definition) is 3. The molecule has 3 nitrogen and oxygen atoms in total. The second kappa shape index (κ2) is 2.11. The summed E-state index contributed by atoms with van der Waals surface area (Å²) in [6.07, 6.45) is 5.35. The zero-order valence-electron chi connectivity index (χ0n) is 5.54. The van der Waals surface area contributed by atoms with E-state index in [9.17, 15) is 5.11 Å². The van der Waals surface area contributed by atoms with Crippen molar-refractivity contribution in [3.05, 3.63) is 23.9 Å². The molecular weight excluding hydrogens is 128 g/mol. The lowest BCUT2D eigenvalue weighted by Crippen LogP contribution is -2.22. The molecule has 54 valence electrons. The monoisotopic (exact) mass is 138 g/mol. The maximum Gasteiger partial charge on any atom is 0.0820 e. The number of hydrazine groups is 1. The number of fused-ring (bicyclic) bond motifs is 1. The van der Waals surface area contributed by atoms with Crippen LogP contribution in [0, 0.1) is 5.92 Å². The molecule has 2 unspecified atom stereocenters. The Morgan fingerprint density at radius 2 is 2.50 bits per heavy atom. The Kier molecular flexibility index (Phi) is 1.25. The van der Waals surface area contributed by atoms with Crippen LogP contribution >= 0.6 is 0 Å². The molecule has 0 aromatic rings. The fourth-order valence-corrected chi connectivity index (χ4v) is 1.34. The summed E-state index contributed by atoms with van der Waals surface area (Å²) in [5, 5.41) is 9.37. The number of allylic oxidation sites excluding steroid dienone is 2. The first kappa shape index (κ1) is 5.95. The van der Waals surface area contributed by atoms with Crippen LogP contribution in [0.15, 0.2) is 23.9 Å². The summed E-state index contributed by atoms with van der Waals surface area (Å²) in [6.45, 7) is 0.817. The van der Waals surface area contributed by atoms with Crippen molar-refractivity contribution in [1.82, 2.24) is 10.9 Å². The van der Waals surface area contributed by atoms with E-state index >= 15 is 0 Å². The fraction of sp³-hybridized carbons (Fsp3) is 0.429. The van der Waals surface area contributed by atoms with Gasteiger partial charge in [0.15, 0.2) is 0 Å². The molecule has 10 heavy (non-hydrogen) atoms. The molecule has 2 rings (SSSR count). The van der Waals surface area contributed by atoms with E-state index in [2.05, 4.69) is 10.9 Å². The van der Waals surface area contributed by atoms with Gasteiger partial charge in [-0.3, -0.25) is 0 Å². The van der Waals surface area contributed by atoms with Gasteiger partial charge in [-0.15, -0.1) is 0 Å². The standard InChI is InChI=1S/C7H10N2O/c10-7-3-1-2-6-5(7)4-8-9-6/h1-3,5,7-10H,4H2. The zero-order chi connectivity index (χ0) is 6.97. The van der Waals surface area contributed by atoms with Gasteiger partial charge in [-0.25, -0.2) is 5.43 Å². The lowest BCUT2D eigenvalue weighted by molar-refractivity contribution is 0.177. The van der Waals surface area contributed by atoms with Gasteiger partial charge in [-0.2, -0.15) is 0 Å². The molecule has 0 aromatic heterocycles. The van der Waals surface area contributed by atoms with Crippen LogP contribution in [0.25, 0.3) is 0 Å². The summed E-state index contributed by atoms with van der Waals surface area (Å²) < 4.78 is 0. The van der Waals surface area contributed by atoms with Crippen molar-refractivity contribution < 1.29 is 5.11 Å². The molecule has 2 atom stereocenters. The van der Waals surface area contributed by atoms with Crippen LogP contribution in [0.5, 0.6) is 0 Å². The van der Waals surface area contributed by atoms with Gasteiger partial charge in [0.05, 0.1) is 6.10 Å². The molecule has 0 amide bonds. The highest BCUT2D eigenvalue weighted by atomic mass is 16.3. The predicted molar refractivity (Wildman–Crippen MR) is 37.9 cm³/mol. The lowest BCUT2D eigenvalue weighted by Gasteiger charge is -2.16. The first-order chi connectivity index (χ1) is 4.88. The van der Waals surface area contributed by atoms with Crippen LogP contribution < -0.4 is 10.9 Å². The number of rotatable bonds is 0. The smallest absolute Gasteiger partial charge is 0.0820 e. The summed E-state index contributed by atoms with van der Waals surface area (Å²) in [7, 11) is 0. The molecule has 3 N–H and O–H groups in total. The molecule has 0 saturated carbocycles. The summed E-state index contributed by atoms with van der Waals surface area (Å²) >= 11 is 0. The van der Waals surface area contributed by atoms with Crippen molar-refractivity contribution in [1.29, 1.82) is 0 Å². The summed E-state index contributed by atoms with van der Waals surface area (Å²) in [4.78, 5) is 0. The molecular formula is C7H10N2O. The minimum atomic E-state index is -0.317. The van der Waals surface area contributed by atoms with Gasteiger partial charge in [-0.1, -0.05) is 12.2 Å². The van der Waals surface area contributed by atoms with Crippen molar-refractivity contribution in [2.45, 2.75) is 6.10 Å². The molecule has 3 heteroatoms. The summed E-state index contributed by atoms with van der Waals surface area (Å²) in [5.74, 6) is 0.241. The average Bonchev–Trinajstić information content (AvgIpc) is 2.36. The van der Waals surface area contributed by atoms with Gasteiger partial charge in [0.1, 0.15) is 0 Å². The summed E-state index contributed by atoms with van der Waals surface area (Å²) in [6, 6.07) is 0. The van der Waals surface area contributed by atoms with E-state index in [0.29, 0.717) is 0 Å². The minimum absolute atomic E-state index is 0.241. The van der Waals surface area contributed by atoms with Crippen molar-refractivity contribution >= 4 is 0 Å². The van der Waals surface area contributed by atoms with Gasteiger partial charge in [0.25, 0.3) is 0 Å². The maximum absolute atomic E-state index is 9.37. The Hall–Kier alpha value is -0.800. The second-order valence-electron chi connectivity index (χ2n) is 2.61. The molecule has 1 aliphatic heterocycles. The Labute approximate surface area is 59.4 Å². The lowest BCUT2D eigenvalue weighted by atomic mass is 9.96. The van der Waals surface area contributed by atoms with Crippen molar-refractivity contribution in [2.75, 3.05) is 6.54 Å². The van der Waals surface area contributed by atoms with Gasteiger partial charge < -0.3 is 10.5 Å². The second-order valence-corrected chi connectivity index (χ2v) is 2.61. The highest BCUT2D eigenvalue weighted by Crippen LogP contribution is 2.20. The third kappa shape index (κ3) is 0.751. The van der Waals surface area contributed by atoms with Crippen LogP contribution in [0.3, 0.4) is 0 Å². The molecule has 1 saturated heterocycles. The molecule has 0 spiro atoms. The fourth-order valence-electron chi connectivity index (χ4n) is 1.34. The van der Waals surface area contributed by atoms with E-state index in [0.717, 1.165) is 12.2 Å². The number of aliphatic hydroxyl groups is 1. The van der Waals surface area contributed by atoms with E-state index in [1.54, 1.807) is 0 Å². The number of aliphatic hydroxyl groups excluding tert-OH is 1. The van der Waals surface area contributed by atoms with E-state index in [1.807, 2.05) is 18.2 Å². The number of nitrogens with one attached hydrogen (secondary N) is 2. The van der Waals surface area contributed by atoms with Crippen LogP contribution in [0.4, 0.5) is 0 Å². The van der Waals surface area contributed by atoms with Gasteiger partial charge in [0, 0.05) is 18.2 Å². The van der Waals surface area contributed by atoms with Crippen LogP contribution in [0.2, 0.25) is 0 Å². The SMILES string of the molecule is OC1C=CC=C2NNCC21. The predicted octanol–water partition coefficient (Wildman–Crippen LogP) is -0.475. The largest absolute Gasteiger partial charge is 0.388 e. The van der Waals surface area contributed by atoms with Gasteiger partial charge in [0.2, 0.25) is 0 Å². The van der Waals surface area contributed by atoms with Crippen molar-refractivity contribution in [3.8, 4) is 0 Å². The Balaban J connectivity index is 2.25. The van der Waals surface area contributed by atoms with E-state index in [-0.39, 0.29) is 12.0 Å². The quantitative estimate of drug-likeness (QED) is 0.424. The molecule has 1 fully saturated rings. The molecule has 0 bridgehead atoms. The maximum atomic E-state index is 9.37. The van der Waals surface area contributed by atoms with Gasteiger partial charge in [-0.05, 0) is 6.08 Å². The Bertz CT molecular complexity index is 198. The third-order valence-electron chi connectivity index (χ3n) is 1.95. The van der Waals surface area contributed by atoms with E-state index in [4.69, 9.17) is 0 Å². The Morgan fingerprint density at radius 3 is 3.30 bits per heavy atom. The minimum Gasteiger partial charge on any atom is -0.388 e. The van der Waals surface area contributed by atoms with E-state index in [1.165, 1.54) is 0 Å². The summed E-state index contributed by atoms with van der Waals surface area (Å²) in [5.41, 5.74) is 7.06. The number of hydrogen-bond acceptors (Lipinski definition) is 3. The first-order valence-electron chi connectivity index (χ1n) is 3.43. The van der Waals surface area contributed by atoms with Crippen LogP contribution in [0.1, 0.15) is 0 Å². The molecule has 0 aromatic carbocycles. The van der Waals surface area contributed by atoms with E-state index < -0.39 is 0 Å². The van der Waals surface area contributed by atoms with Gasteiger partial charge >= 0.3 is 0 Å². The normalized spacial score (nSPS) is 36.7. The topological polar surface area (TPSA) is 44.3 Å². The first-order valence-corrected chi connectivity index (χ1v) is 3.43. The highest BCUT2D eigenvalue weighted by molar-refractivity contribution is 5.24. The molecule has 0 radical (unpaired) electrons. The molecule has 2 aliphatic rings. The highest BCUT2D eigenvalue weighted by Gasteiger charge is 2.27. The van der Waals surface area contributed by atoms with Crippen LogP contribution in [-0.2, 0) is 0 Å². The Morgan fingerprint density at radius 1 is 1.60 bits per heavy atom. The van der Waals surface area contributed by atoms with Crippen molar-refractivity contribution in [3.63, 3.8) is 0 Å². The van der Waals surface area contributed by atoms with Crippen molar-refractivity contribution in [2.24, 2.45) is 5.92 Å².